The van der Waals surface area contributed by atoms with Crippen LogP contribution in [0.15, 0.2) is 36.7 Å². The van der Waals surface area contributed by atoms with Gasteiger partial charge in [0.2, 0.25) is 0 Å². The summed E-state index contributed by atoms with van der Waals surface area (Å²) in [4.78, 5) is 14.1. The summed E-state index contributed by atoms with van der Waals surface area (Å²) >= 11 is 0. The summed E-state index contributed by atoms with van der Waals surface area (Å²) in [5, 5.41) is 2.93. The van der Waals surface area contributed by atoms with Gasteiger partial charge in [0, 0.05) is 32.5 Å². The van der Waals surface area contributed by atoms with Gasteiger partial charge in [-0.15, -0.1) is 0 Å². The van der Waals surface area contributed by atoms with E-state index >= 15 is 0 Å². The van der Waals surface area contributed by atoms with E-state index in [1.165, 1.54) is 6.07 Å². The quantitative estimate of drug-likeness (QED) is 0.940. The molecule has 0 radical (unpaired) electrons. The Hall–Kier alpha value is -2.34. The number of nitrogens with zero attached hydrogens (tertiary/aromatic N) is 2. The van der Waals surface area contributed by atoms with Crippen LogP contribution in [0.2, 0.25) is 0 Å². The molecule has 1 atom stereocenters. The number of aryl methyl sites for hydroxylation is 2. The lowest BCUT2D eigenvalue weighted by atomic mass is 10.0. The van der Waals surface area contributed by atoms with Gasteiger partial charge in [-0.2, -0.15) is 0 Å². The van der Waals surface area contributed by atoms with Crippen molar-refractivity contribution in [3.8, 4) is 0 Å². The normalized spacial score (nSPS) is 17.8. The van der Waals surface area contributed by atoms with Crippen molar-refractivity contribution in [2.45, 2.75) is 19.6 Å². The topological polar surface area (TPSA) is 46.5 Å². The molecule has 1 N–H and O–H groups in total. The maximum Gasteiger partial charge on any atom is 0.317 e. The zero-order valence-electron chi connectivity index (χ0n) is 14.0. The second-order valence-corrected chi connectivity index (χ2v) is 6.16. The van der Waals surface area contributed by atoms with Crippen LogP contribution in [-0.2, 0) is 18.3 Å². The van der Waals surface area contributed by atoms with Crippen LogP contribution in [0.25, 0.3) is 0 Å². The number of urea groups is 1. The van der Waals surface area contributed by atoms with Gasteiger partial charge in [-0.1, -0.05) is 12.1 Å². The Bertz CT molecular complexity index is 729. The summed E-state index contributed by atoms with van der Waals surface area (Å²) in [5.41, 5.74) is 2.54. The Labute approximate surface area is 141 Å². The Morgan fingerprint density at radius 2 is 2.25 bits per heavy atom. The average Bonchev–Trinajstić information content (AvgIpc) is 3.00. The van der Waals surface area contributed by atoms with E-state index in [2.05, 4.69) is 5.32 Å². The van der Waals surface area contributed by atoms with E-state index in [-0.39, 0.29) is 18.0 Å². The van der Waals surface area contributed by atoms with Crippen LogP contribution in [0.5, 0.6) is 0 Å². The largest absolute Gasteiger partial charge is 0.370 e. The summed E-state index contributed by atoms with van der Waals surface area (Å²) in [5.74, 6) is -0.230. The molecule has 0 spiro atoms. The molecule has 2 amide bonds. The number of hydrogen-bond donors (Lipinski definition) is 1. The first-order chi connectivity index (χ1) is 11.5. The highest BCUT2D eigenvalue weighted by Gasteiger charge is 2.25. The van der Waals surface area contributed by atoms with E-state index in [0.29, 0.717) is 31.8 Å². The number of carbonyl (C=O) groups is 1. The van der Waals surface area contributed by atoms with E-state index in [1.807, 2.05) is 30.1 Å². The van der Waals surface area contributed by atoms with Crippen LogP contribution < -0.4 is 5.32 Å². The molecule has 5 nitrogen and oxygen atoms in total. The van der Waals surface area contributed by atoms with E-state index < -0.39 is 0 Å². The second-order valence-electron chi connectivity index (χ2n) is 6.16. The smallest absolute Gasteiger partial charge is 0.317 e. The van der Waals surface area contributed by atoms with Crippen molar-refractivity contribution < 1.29 is 13.9 Å². The fourth-order valence-electron chi connectivity index (χ4n) is 2.86. The molecule has 24 heavy (non-hydrogen) atoms. The fraction of sp³-hybridized carbons (Fsp3) is 0.389. The number of amides is 2. The minimum absolute atomic E-state index is 0.106. The van der Waals surface area contributed by atoms with Gasteiger partial charge in [0.15, 0.2) is 0 Å². The zero-order valence-corrected chi connectivity index (χ0v) is 14.0. The van der Waals surface area contributed by atoms with Gasteiger partial charge >= 0.3 is 6.03 Å². The van der Waals surface area contributed by atoms with Gasteiger partial charge in [0.1, 0.15) is 11.9 Å². The van der Waals surface area contributed by atoms with Crippen LogP contribution in [0.3, 0.4) is 0 Å². The minimum atomic E-state index is -0.230. The molecule has 128 valence electrons. The predicted octanol–water partition coefficient (Wildman–Crippen LogP) is 2.76. The lowest BCUT2D eigenvalue weighted by molar-refractivity contribution is -0.0155. The summed E-state index contributed by atoms with van der Waals surface area (Å²) in [7, 11) is 1.95. The van der Waals surface area contributed by atoms with Crippen LogP contribution in [0.4, 0.5) is 9.18 Å². The van der Waals surface area contributed by atoms with Crippen LogP contribution in [0, 0.1) is 12.7 Å². The Kier molecular flexibility index (Phi) is 4.85. The summed E-state index contributed by atoms with van der Waals surface area (Å²) in [6.07, 6.45) is 3.70. The van der Waals surface area contributed by atoms with Crippen molar-refractivity contribution in [1.29, 1.82) is 0 Å². The number of morpholine rings is 1. The van der Waals surface area contributed by atoms with Crippen LogP contribution in [0.1, 0.15) is 22.8 Å². The number of aromatic nitrogens is 1. The lowest BCUT2D eigenvalue weighted by Crippen LogP contribution is -2.46. The standard InChI is InChI=1S/C18H22FN3O2/c1-13-9-15(3-4-16(13)19)17-12-22(7-8-24-17)18(23)20-10-14-5-6-21(2)11-14/h3-6,9,11,17H,7-8,10,12H2,1-2H3,(H,20,23). The molecule has 2 aromatic rings. The SMILES string of the molecule is Cc1cc(C2CN(C(=O)NCc3ccn(C)c3)CCO2)ccc1F. The maximum atomic E-state index is 13.4. The number of nitrogens with one attached hydrogen (secondary N) is 1. The molecular formula is C18H22FN3O2. The molecule has 1 aromatic carbocycles. The number of benzene rings is 1. The number of halogens is 1. The Morgan fingerprint density at radius 1 is 1.42 bits per heavy atom. The van der Waals surface area contributed by atoms with Crippen LogP contribution in [-0.4, -0.2) is 35.2 Å². The molecule has 0 saturated carbocycles. The Balaban J connectivity index is 1.60. The highest BCUT2D eigenvalue weighted by Crippen LogP contribution is 2.24. The molecule has 1 fully saturated rings. The first-order valence-electron chi connectivity index (χ1n) is 8.04. The van der Waals surface area contributed by atoms with E-state index in [9.17, 15) is 9.18 Å². The van der Waals surface area contributed by atoms with Crippen molar-refractivity contribution in [3.63, 3.8) is 0 Å². The highest BCUT2D eigenvalue weighted by atomic mass is 19.1. The second kappa shape index (κ2) is 7.05. The fourth-order valence-corrected chi connectivity index (χ4v) is 2.86. The first kappa shape index (κ1) is 16.5. The minimum Gasteiger partial charge on any atom is -0.370 e. The lowest BCUT2D eigenvalue weighted by Gasteiger charge is -2.33. The van der Waals surface area contributed by atoms with E-state index in [1.54, 1.807) is 24.0 Å². The van der Waals surface area contributed by atoms with Gasteiger partial charge < -0.3 is 19.5 Å². The molecule has 1 unspecified atom stereocenters. The first-order valence-corrected chi connectivity index (χ1v) is 8.04. The van der Waals surface area contributed by atoms with Crippen molar-refractivity contribution in [2.75, 3.05) is 19.7 Å². The molecule has 1 aliphatic heterocycles. The third kappa shape index (κ3) is 3.76. The monoisotopic (exact) mass is 331 g/mol. The molecule has 3 rings (SSSR count). The summed E-state index contributed by atoms with van der Waals surface area (Å²) in [6, 6.07) is 6.82. The van der Waals surface area contributed by atoms with E-state index in [0.717, 1.165) is 11.1 Å². The van der Waals surface area contributed by atoms with Gasteiger partial charge in [-0.25, -0.2) is 9.18 Å². The molecule has 2 heterocycles. The number of carbonyl (C=O) groups excluding carboxylic acids is 1. The van der Waals surface area contributed by atoms with Crippen molar-refractivity contribution in [3.05, 3.63) is 59.2 Å². The number of ether oxygens (including phenoxy) is 1. The third-order valence-corrected chi connectivity index (χ3v) is 4.24. The molecule has 1 aromatic heterocycles. The maximum absolute atomic E-state index is 13.4. The molecule has 6 heteroatoms. The van der Waals surface area contributed by atoms with Crippen LogP contribution >= 0.6 is 0 Å². The molecule has 0 aliphatic carbocycles. The van der Waals surface area contributed by atoms with Gasteiger partial charge in [-0.05, 0) is 35.7 Å². The highest BCUT2D eigenvalue weighted by molar-refractivity contribution is 5.74. The molecule has 1 aliphatic rings. The summed E-state index contributed by atoms with van der Waals surface area (Å²) < 4.78 is 21.1. The average molecular weight is 331 g/mol. The third-order valence-electron chi connectivity index (χ3n) is 4.24. The number of hydrogen-bond acceptors (Lipinski definition) is 2. The van der Waals surface area contributed by atoms with Gasteiger partial charge in [-0.3, -0.25) is 0 Å². The molecular weight excluding hydrogens is 309 g/mol. The van der Waals surface area contributed by atoms with Crippen molar-refractivity contribution in [2.24, 2.45) is 7.05 Å². The predicted molar refractivity (Wildman–Crippen MR) is 89.1 cm³/mol. The molecule has 0 bridgehead atoms. The van der Waals surface area contributed by atoms with Gasteiger partial charge in [0.05, 0.1) is 13.2 Å². The zero-order chi connectivity index (χ0) is 17.1. The molecule has 1 saturated heterocycles. The number of rotatable bonds is 3. The van der Waals surface area contributed by atoms with E-state index in [4.69, 9.17) is 4.74 Å². The van der Waals surface area contributed by atoms with Crippen molar-refractivity contribution >= 4 is 6.03 Å². The Morgan fingerprint density at radius 3 is 2.96 bits per heavy atom. The van der Waals surface area contributed by atoms with Gasteiger partial charge in [0.25, 0.3) is 0 Å². The summed E-state index contributed by atoms with van der Waals surface area (Å²) in [6.45, 7) is 3.71. The van der Waals surface area contributed by atoms with Crippen molar-refractivity contribution in [1.82, 2.24) is 14.8 Å².